The fourth-order valence-electron chi connectivity index (χ4n) is 4.31. The zero-order chi connectivity index (χ0) is 20.4. The van der Waals surface area contributed by atoms with Crippen LogP contribution in [0.2, 0.25) is 0 Å². The summed E-state index contributed by atoms with van der Waals surface area (Å²) in [5.41, 5.74) is 3.88. The summed E-state index contributed by atoms with van der Waals surface area (Å²) in [6.45, 7) is 4.85. The number of nitrogens with zero attached hydrogens (tertiary/aromatic N) is 3. The Morgan fingerprint density at radius 3 is 2.41 bits per heavy atom. The maximum atomic E-state index is 12.0. The molecular weight excluding hydrogens is 386 g/mol. The van der Waals surface area contributed by atoms with Gasteiger partial charge in [0.2, 0.25) is 10.0 Å². The molecule has 156 valence electrons. The molecule has 0 bridgehead atoms. The van der Waals surface area contributed by atoms with Crippen molar-refractivity contribution in [2.45, 2.75) is 18.9 Å². The molecule has 1 N–H and O–H groups in total. The lowest BCUT2D eigenvalue weighted by atomic mass is 9.98. The van der Waals surface area contributed by atoms with Gasteiger partial charge in [-0.1, -0.05) is 30.3 Å². The molecule has 0 aliphatic carbocycles. The van der Waals surface area contributed by atoms with Gasteiger partial charge in [-0.25, -0.2) is 8.42 Å². The quantitative estimate of drug-likeness (QED) is 0.812. The van der Waals surface area contributed by atoms with E-state index in [4.69, 9.17) is 0 Å². The zero-order valence-corrected chi connectivity index (χ0v) is 17.7. The average Bonchev–Trinajstić information content (AvgIpc) is 2.73. The van der Waals surface area contributed by atoms with Crippen molar-refractivity contribution in [1.29, 1.82) is 0 Å². The van der Waals surface area contributed by atoms with Gasteiger partial charge in [0.25, 0.3) is 0 Å². The first-order valence-corrected chi connectivity index (χ1v) is 12.1. The molecule has 4 rings (SSSR count). The molecule has 2 aromatic rings. The van der Waals surface area contributed by atoms with Crippen molar-refractivity contribution in [2.24, 2.45) is 0 Å². The van der Waals surface area contributed by atoms with Gasteiger partial charge in [-0.3, -0.25) is 9.21 Å². The molecule has 2 aliphatic heterocycles. The van der Waals surface area contributed by atoms with Crippen LogP contribution in [0.25, 0.3) is 0 Å². The molecule has 0 radical (unpaired) electrons. The van der Waals surface area contributed by atoms with Crippen LogP contribution in [0.3, 0.4) is 0 Å². The van der Waals surface area contributed by atoms with E-state index >= 15 is 0 Å². The SMILES string of the molecule is CS(=O)(=O)N1CCCc2cc([C@@H](O)CN3CCN(c4ccccc4)CC3)ccc21. The van der Waals surface area contributed by atoms with E-state index < -0.39 is 16.1 Å². The Balaban J connectivity index is 1.39. The normalized spacial score (nSPS) is 19.1. The van der Waals surface area contributed by atoms with Gasteiger partial charge in [-0.15, -0.1) is 0 Å². The number of aliphatic hydroxyl groups is 1. The number of rotatable bonds is 5. The fourth-order valence-corrected chi connectivity index (χ4v) is 5.31. The number of aliphatic hydroxyl groups excluding tert-OH is 1. The largest absolute Gasteiger partial charge is 0.387 e. The highest BCUT2D eigenvalue weighted by Gasteiger charge is 2.25. The van der Waals surface area contributed by atoms with Crippen LogP contribution in [-0.2, 0) is 16.4 Å². The van der Waals surface area contributed by atoms with E-state index in [1.807, 2.05) is 24.3 Å². The minimum absolute atomic E-state index is 0.527. The summed E-state index contributed by atoms with van der Waals surface area (Å²) in [5.74, 6) is 0. The molecule has 1 saturated heterocycles. The summed E-state index contributed by atoms with van der Waals surface area (Å²) < 4.78 is 25.5. The van der Waals surface area contributed by atoms with Crippen LogP contribution in [0.5, 0.6) is 0 Å². The maximum Gasteiger partial charge on any atom is 0.232 e. The second-order valence-corrected chi connectivity index (χ2v) is 9.87. The predicted molar refractivity (Wildman–Crippen MR) is 117 cm³/mol. The van der Waals surface area contributed by atoms with Gasteiger partial charge in [0.15, 0.2) is 0 Å². The highest BCUT2D eigenvalue weighted by molar-refractivity contribution is 7.92. The Bertz CT molecular complexity index is 941. The second-order valence-electron chi connectivity index (χ2n) is 7.97. The Labute approximate surface area is 173 Å². The molecule has 0 aromatic heterocycles. The lowest BCUT2D eigenvalue weighted by molar-refractivity contribution is 0.109. The summed E-state index contributed by atoms with van der Waals surface area (Å²) in [4.78, 5) is 4.67. The molecule has 2 aromatic carbocycles. The van der Waals surface area contributed by atoms with Gasteiger partial charge >= 0.3 is 0 Å². The lowest BCUT2D eigenvalue weighted by Gasteiger charge is -2.37. The third kappa shape index (κ3) is 4.57. The van der Waals surface area contributed by atoms with E-state index in [-0.39, 0.29) is 0 Å². The summed E-state index contributed by atoms with van der Waals surface area (Å²) in [6, 6.07) is 16.1. The van der Waals surface area contributed by atoms with Crippen molar-refractivity contribution in [2.75, 3.05) is 54.7 Å². The van der Waals surface area contributed by atoms with E-state index in [2.05, 4.69) is 34.1 Å². The van der Waals surface area contributed by atoms with Crippen molar-refractivity contribution in [3.63, 3.8) is 0 Å². The van der Waals surface area contributed by atoms with Gasteiger partial charge in [0, 0.05) is 45.0 Å². The number of para-hydroxylation sites is 1. The number of anilines is 2. The Hall–Kier alpha value is -2.09. The average molecular weight is 416 g/mol. The summed E-state index contributed by atoms with van der Waals surface area (Å²) in [7, 11) is -3.27. The molecule has 7 heteroatoms. The summed E-state index contributed by atoms with van der Waals surface area (Å²) in [6.07, 6.45) is 2.33. The Morgan fingerprint density at radius 2 is 1.72 bits per heavy atom. The van der Waals surface area contributed by atoms with Gasteiger partial charge in [0.1, 0.15) is 0 Å². The molecule has 2 aliphatic rings. The monoisotopic (exact) mass is 415 g/mol. The van der Waals surface area contributed by atoms with Crippen LogP contribution >= 0.6 is 0 Å². The molecule has 1 fully saturated rings. The first kappa shape index (κ1) is 20.2. The van der Waals surface area contributed by atoms with Gasteiger partial charge in [0.05, 0.1) is 18.0 Å². The number of piperazine rings is 1. The first-order valence-electron chi connectivity index (χ1n) is 10.2. The van der Waals surface area contributed by atoms with Crippen LogP contribution in [0.1, 0.15) is 23.7 Å². The Morgan fingerprint density at radius 1 is 1.00 bits per heavy atom. The third-order valence-corrected chi connectivity index (χ3v) is 7.07. The van der Waals surface area contributed by atoms with Gasteiger partial charge < -0.3 is 10.0 Å². The van der Waals surface area contributed by atoms with Crippen LogP contribution in [0, 0.1) is 0 Å². The smallest absolute Gasteiger partial charge is 0.232 e. The molecule has 0 spiro atoms. The molecule has 2 heterocycles. The van der Waals surface area contributed by atoms with Crippen LogP contribution in [-0.4, -0.2) is 63.9 Å². The number of hydrogen-bond acceptors (Lipinski definition) is 5. The maximum absolute atomic E-state index is 12.0. The number of hydrogen-bond donors (Lipinski definition) is 1. The minimum atomic E-state index is -3.27. The zero-order valence-electron chi connectivity index (χ0n) is 16.9. The van der Waals surface area contributed by atoms with Crippen molar-refractivity contribution >= 4 is 21.4 Å². The van der Waals surface area contributed by atoms with E-state index in [0.29, 0.717) is 13.1 Å². The topological polar surface area (TPSA) is 64.1 Å². The molecule has 0 saturated carbocycles. The number of benzene rings is 2. The summed E-state index contributed by atoms with van der Waals surface area (Å²) in [5, 5.41) is 10.8. The molecule has 0 amide bonds. The van der Waals surface area contributed by atoms with E-state index in [0.717, 1.165) is 55.8 Å². The highest BCUT2D eigenvalue weighted by Crippen LogP contribution is 2.31. The number of fused-ring (bicyclic) bond motifs is 1. The van der Waals surface area contributed by atoms with Gasteiger partial charge in [-0.2, -0.15) is 0 Å². The van der Waals surface area contributed by atoms with E-state index in [9.17, 15) is 13.5 Å². The molecule has 0 unspecified atom stereocenters. The minimum Gasteiger partial charge on any atom is -0.387 e. The second kappa shape index (κ2) is 8.34. The summed E-state index contributed by atoms with van der Waals surface area (Å²) >= 11 is 0. The molecule has 6 nitrogen and oxygen atoms in total. The van der Waals surface area contributed by atoms with Crippen molar-refractivity contribution in [3.05, 3.63) is 59.7 Å². The first-order chi connectivity index (χ1) is 13.9. The predicted octanol–water partition coefficient (Wildman–Crippen LogP) is 2.25. The van der Waals surface area contributed by atoms with Crippen molar-refractivity contribution in [3.8, 4) is 0 Å². The van der Waals surface area contributed by atoms with Gasteiger partial charge in [-0.05, 0) is 42.2 Å². The van der Waals surface area contributed by atoms with E-state index in [1.165, 1.54) is 16.2 Å². The van der Waals surface area contributed by atoms with E-state index in [1.54, 1.807) is 0 Å². The molecule has 29 heavy (non-hydrogen) atoms. The van der Waals surface area contributed by atoms with Crippen LogP contribution in [0.15, 0.2) is 48.5 Å². The van der Waals surface area contributed by atoms with Crippen LogP contribution < -0.4 is 9.21 Å². The number of β-amino-alcohol motifs (C(OH)–C–C–N with tert-alkyl or cyclic N) is 1. The molecular formula is C22H29N3O3S. The fraction of sp³-hybridized carbons (Fsp3) is 0.455. The van der Waals surface area contributed by atoms with Crippen molar-refractivity contribution < 1.29 is 13.5 Å². The Kier molecular flexibility index (Phi) is 5.81. The van der Waals surface area contributed by atoms with Crippen LogP contribution in [0.4, 0.5) is 11.4 Å². The molecule has 1 atom stereocenters. The lowest BCUT2D eigenvalue weighted by Crippen LogP contribution is -2.47. The number of sulfonamides is 1. The standard InChI is InChI=1S/C22H29N3O3S/c1-29(27,28)25-11-5-6-18-16-19(9-10-21(18)25)22(26)17-23-12-14-24(15-13-23)20-7-3-2-4-8-20/h2-4,7-10,16,22,26H,5-6,11-15,17H2,1H3/t22-/m0/s1. The highest BCUT2D eigenvalue weighted by atomic mass is 32.2. The number of aryl methyl sites for hydroxylation is 1. The van der Waals surface area contributed by atoms with Crippen molar-refractivity contribution in [1.82, 2.24) is 4.90 Å². The third-order valence-electron chi connectivity index (χ3n) is 5.89.